The molecule has 1 aliphatic heterocycles. The van der Waals surface area contributed by atoms with Crippen molar-refractivity contribution in [2.24, 2.45) is 11.8 Å². The summed E-state index contributed by atoms with van der Waals surface area (Å²) in [5, 5.41) is 5.28. The fourth-order valence-electron chi connectivity index (χ4n) is 3.76. The van der Waals surface area contributed by atoms with Crippen molar-refractivity contribution in [3.05, 3.63) is 24.3 Å². The molecule has 0 radical (unpaired) electrons. The van der Waals surface area contributed by atoms with E-state index in [1.54, 1.807) is 6.92 Å². The van der Waals surface area contributed by atoms with E-state index >= 15 is 0 Å². The van der Waals surface area contributed by atoms with E-state index in [0.29, 0.717) is 11.8 Å². The number of rotatable bonds is 5. The molecule has 0 saturated heterocycles. The summed E-state index contributed by atoms with van der Waals surface area (Å²) in [5.74, 6) is -0.0578. The van der Waals surface area contributed by atoms with Crippen molar-refractivity contribution < 1.29 is 19.1 Å². The van der Waals surface area contributed by atoms with Crippen LogP contribution in [0.15, 0.2) is 29.2 Å². The molecule has 5 atom stereocenters. The van der Waals surface area contributed by atoms with Crippen LogP contribution in [0.2, 0.25) is 0 Å². The molecule has 0 unspecified atom stereocenters. The second kappa shape index (κ2) is 8.99. The maximum absolute atomic E-state index is 12.4. The molecular formula is C21H28N2O4S. The molecule has 1 aliphatic carbocycles. The maximum atomic E-state index is 12.4. The molecule has 0 aromatic heterocycles. The monoisotopic (exact) mass is 404 g/mol. The number of para-hydroxylation sites is 1. The first-order valence-corrected chi connectivity index (χ1v) is 10.8. The Morgan fingerprint density at radius 2 is 2.04 bits per heavy atom. The van der Waals surface area contributed by atoms with Gasteiger partial charge in [0.25, 0.3) is 5.91 Å². The number of amides is 2. The van der Waals surface area contributed by atoms with Crippen LogP contribution in [0.4, 0.5) is 5.69 Å². The van der Waals surface area contributed by atoms with Crippen LogP contribution in [0.5, 0.6) is 0 Å². The lowest BCUT2D eigenvalue weighted by atomic mass is 9.78. The van der Waals surface area contributed by atoms with Gasteiger partial charge in [0, 0.05) is 10.9 Å². The molecule has 7 heteroatoms. The summed E-state index contributed by atoms with van der Waals surface area (Å²) in [5.41, 5.74) is 0.755. The lowest BCUT2D eigenvalue weighted by molar-refractivity contribution is -0.155. The fourth-order valence-corrected chi connectivity index (χ4v) is 4.86. The Kier molecular flexibility index (Phi) is 6.65. The predicted octanol–water partition coefficient (Wildman–Crippen LogP) is 3.36. The van der Waals surface area contributed by atoms with Crippen LogP contribution in [0.3, 0.4) is 0 Å². The van der Waals surface area contributed by atoms with E-state index in [0.717, 1.165) is 23.4 Å². The van der Waals surface area contributed by atoms with Gasteiger partial charge in [0.05, 0.1) is 17.4 Å². The minimum absolute atomic E-state index is 0.0701. The number of anilines is 1. The smallest absolute Gasteiger partial charge is 0.308 e. The Hall–Kier alpha value is -2.02. The van der Waals surface area contributed by atoms with Gasteiger partial charge in [0.2, 0.25) is 5.91 Å². The van der Waals surface area contributed by atoms with Gasteiger partial charge in [-0.1, -0.05) is 38.8 Å². The van der Waals surface area contributed by atoms with Gasteiger partial charge in [-0.05, 0) is 37.3 Å². The Morgan fingerprint density at radius 1 is 1.29 bits per heavy atom. The highest BCUT2D eigenvalue weighted by Crippen LogP contribution is 2.36. The zero-order chi connectivity index (χ0) is 20.3. The molecule has 152 valence electrons. The lowest BCUT2D eigenvalue weighted by Gasteiger charge is -2.35. The zero-order valence-electron chi connectivity index (χ0n) is 16.6. The van der Waals surface area contributed by atoms with E-state index in [1.165, 1.54) is 18.2 Å². The number of hydrogen-bond acceptors (Lipinski definition) is 5. The first-order valence-electron chi connectivity index (χ1n) is 9.91. The highest BCUT2D eigenvalue weighted by Gasteiger charge is 2.32. The predicted molar refractivity (Wildman–Crippen MR) is 109 cm³/mol. The van der Waals surface area contributed by atoms with E-state index in [2.05, 4.69) is 24.5 Å². The van der Waals surface area contributed by atoms with Crippen LogP contribution in [0.1, 0.15) is 46.5 Å². The Bertz CT molecular complexity index is 754. The van der Waals surface area contributed by atoms with Crippen molar-refractivity contribution in [3.8, 4) is 0 Å². The third kappa shape index (κ3) is 4.87. The Labute approximate surface area is 170 Å². The highest BCUT2D eigenvalue weighted by molar-refractivity contribution is 8.01. The average Bonchev–Trinajstić information content (AvgIpc) is 2.66. The van der Waals surface area contributed by atoms with Crippen molar-refractivity contribution in [1.82, 2.24) is 5.32 Å². The minimum atomic E-state index is -0.874. The van der Waals surface area contributed by atoms with Crippen molar-refractivity contribution in [1.29, 1.82) is 0 Å². The second-order valence-corrected chi connectivity index (χ2v) is 9.06. The summed E-state index contributed by atoms with van der Waals surface area (Å²) in [6.45, 7) is 5.94. The summed E-state index contributed by atoms with van der Waals surface area (Å²) in [6.07, 6.45) is 2.29. The number of carbonyl (C=O) groups excluding carboxylic acids is 3. The van der Waals surface area contributed by atoms with Crippen LogP contribution >= 0.6 is 11.8 Å². The first-order chi connectivity index (χ1) is 13.3. The van der Waals surface area contributed by atoms with E-state index < -0.39 is 17.3 Å². The van der Waals surface area contributed by atoms with Gasteiger partial charge >= 0.3 is 5.97 Å². The van der Waals surface area contributed by atoms with E-state index in [4.69, 9.17) is 4.74 Å². The van der Waals surface area contributed by atoms with Gasteiger partial charge in [-0.25, -0.2) is 0 Å². The third-order valence-corrected chi connectivity index (χ3v) is 7.05. The third-order valence-electron chi connectivity index (χ3n) is 5.77. The summed E-state index contributed by atoms with van der Waals surface area (Å²) in [7, 11) is 0. The van der Waals surface area contributed by atoms with Crippen molar-refractivity contribution >= 4 is 35.2 Å². The minimum Gasteiger partial charge on any atom is -0.453 e. The molecule has 1 aromatic carbocycles. The Balaban J connectivity index is 1.50. The average molecular weight is 405 g/mol. The number of nitrogens with one attached hydrogen (secondary N) is 2. The molecule has 1 fully saturated rings. The van der Waals surface area contributed by atoms with E-state index in [-0.39, 0.29) is 24.3 Å². The van der Waals surface area contributed by atoms with Gasteiger partial charge in [-0.3, -0.25) is 14.4 Å². The maximum Gasteiger partial charge on any atom is 0.308 e. The molecule has 0 spiro atoms. The number of ether oxygens (including phenoxy) is 1. The normalized spacial score (nSPS) is 27.9. The van der Waals surface area contributed by atoms with E-state index in [1.807, 2.05) is 24.3 Å². The zero-order valence-corrected chi connectivity index (χ0v) is 17.4. The van der Waals surface area contributed by atoms with Crippen LogP contribution in [-0.4, -0.2) is 35.2 Å². The number of thioether (sulfide) groups is 1. The number of benzene rings is 1. The van der Waals surface area contributed by atoms with Crippen molar-refractivity contribution in [3.63, 3.8) is 0 Å². The highest BCUT2D eigenvalue weighted by atomic mass is 32.2. The summed E-state index contributed by atoms with van der Waals surface area (Å²) < 4.78 is 5.31. The lowest BCUT2D eigenvalue weighted by Crippen LogP contribution is -2.47. The summed E-state index contributed by atoms with van der Waals surface area (Å²) >= 11 is 1.34. The quantitative estimate of drug-likeness (QED) is 0.735. The molecule has 28 heavy (non-hydrogen) atoms. The number of fused-ring (bicyclic) bond motifs is 1. The molecule has 1 saturated carbocycles. The summed E-state index contributed by atoms with van der Waals surface area (Å²) in [6, 6.07) is 7.59. The van der Waals surface area contributed by atoms with Gasteiger partial charge in [0.1, 0.15) is 0 Å². The molecule has 1 heterocycles. The van der Waals surface area contributed by atoms with Gasteiger partial charge in [0.15, 0.2) is 6.10 Å². The second-order valence-electron chi connectivity index (χ2n) is 7.81. The molecule has 0 bridgehead atoms. The molecular weight excluding hydrogens is 376 g/mol. The first kappa shape index (κ1) is 20.7. The molecule has 2 aliphatic rings. The van der Waals surface area contributed by atoms with Crippen LogP contribution < -0.4 is 10.6 Å². The largest absolute Gasteiger partial charge is 0.453 e. The van der Waals surface area contributed by atoms with Gasteiger partial charge < -0.3 is 15.4 Å². The van der Waals surface area contributed by atoms with Crippen LogP contribution in [0.25, 0.3) is 0 Å². The van der Waals surface area contributed by atoms with Gasteiger partial charge in [-0.15, -0.1) is 11.8 Å². The molecule has 1 aromatic rings. The van der Waals surface area contributed by atoms with Crippen molar-refractivity contribution in [2.75, 3.05) is 5.32 Å². The topological polar surface area (TPSA) is 84.5 Å². The molecule has 3 rings (SSSR count). The van der Waals surface area contributed by atoms with E-state index in [9.17, 15) is 14.4 Å². The van der Waals surface area contributed by atoms with Crippen LogP contribution in [0, 0.1) is 11.8 Å². The summed E-state index contributed by atoms with van der Waals surface area (Å²) in [4.78, 5) is 37.9. The SMILES string of the molecule is C[C@@H]1[C@H](C)CCC[C@H]1NC(=O)[C@@H](C)OC(=O)C[C@H]1Sc2ccccc2NC1=O. The van der Waals surface area contributed by atoms with Gasteiger partial charge in [-0.2, -0.15) is 0 Å². The molecule has 2 amide bonds. The van der Waals surface area contributed by atoms with Crippen molar-refractivity contribution in [2.45, 2.75) is 68.7 Å². The van der Waals surface area contributed by atoms with Crippen LogP contribution in [-0.2, 0) is 19.1 Å². The molecule has 6 nitrogen and oxygen atoms in total. The fraction of sp³-hybridized carbons (Fsp3) is 0.571. The Morgan fingerprint density at radius 3 is 2.82 bits per heavy atom. The standard InChI is InChI=1S/C21H28N2O4S/c1-12-7-6-9-15(13(12)2)22-20(25)14(3)27-19(24)11-18-21(26)23-16-8-4-5-10-17(16)28-18/h4-5,8,10,12-15,18H,6-7,9,11H2,1-3H3,(H,22,25)(H,23,26)/t12-,13-,14-,15-,18-/m1/s1. The number of carbonyl (C=O) groups is 3. The molecule has 2 N–H and O–H groups in total. The number of esters is 1. The number of hydrogen-bond donors (Lipinski definition) is 2.